The summed E-state index contributed by atoms with van der Waals surface area (Å²) in [5.74, 6) is 1.30. The summed E-state index contributed by atoms with van der Waals surface area (Å²) in [6.07, 6.45) is 0. The molecule has 30 heavy (non-hydrogen) atoms. The van der Waals surface area contributed by atoms with Gasteiger partial charge in [0, 0.05) is 31.7 Å². The minimum atomic E-state index is 0.379. The Kier molecular flexibility index (Phi) is 5.08. The predicted molar refractivity (Wildman–Crippen MR) is 114 cm³/mol. The van der Waals surface area contributed by atoms with Crippen LogP contribution in [0.1, 0.15) is 0 Å². The van der Waals surface area contributed by atoms with Crippen LogP contribution in [0, 0.1) is 4.84 Å². The van der Waals surface area contributed by atoms with Crippen molar-refractivity contribution in [3.05, 3.63) is 65.5 Å². The van der Waals surface area contributed by atoms with E-state index >= 15 is 0 Å². The van der Waals surface area contributed by atoms with E-state index in [0.29, 0.717) is 17.4 Å². The van der Waals surface area contributed by atoms with Gasteiger partial charge in [-0.15, -0.1) is 5.10 Å². The van der Waals surface area contributed by atoms with Gasteiger partial charge in [0.1, 0.15) is 0 Å². The van der Waals surface area contributed by atoms with Gasteiger partial charge in [0.2, 0.25) is 11.8 Å². The molecular formula is C20H20N8OS. The van der Waals surface area contributed by atoms with Crippen molar-refractivity contribution in [3.63, 3.8) is 0 Å². The van der Waals surface area contributed by atoms with Crippen molar-refractivity contribution in [1.82, 2.24) is 34.9 Å². The summed E-state index contributed by atoms with van der Waals surface area (Å²) in [6, 6.07) is 19.7. The average molecular weight is 421 g/mol. The molecule has 2 aromatic heterocycles. The van der Waals surface area contributed by atoms with E-state index in [1.165, 1.54) is 0 Å². The number of anilines is 1. The Morgan fingerprint density at radius 3 is 2.33 bits per heavy atom. The fourth-order valence-corrected chi connectivity index (χ4v) is 3.67. The van der Waals surface area contributed by atoms with Gasteiger partial charge < -0.3 is 9.32 Å². The first-order valence-electron chi connectivity index (χ1n) is 9.72. The summed E-state index contributed by atoms with van der Waals surface area (Å²) in [5.41, 5.74) is 1.86. The normalized spacial score (nSPS) is 14.9. The van der Waals surface area contributed by atoms with E-state index in [1.54, 1.807) is 9.36 Å². The number of para-hydroxylation sites is 1. The molecule has 1 aliphatic heterocycles. The lowest BCUT2D eigenvalue weighted by Crippen LogP contribution is -2.47. The molecule has 0 saturated carbocycles. The Morgan fingerprint density at radius 2 is 1.60 bits per heavy atom. The summed E-state index contributed by atoms with van der Waals surface area (Å²) in [6.45, 7) is 3.90. The third-order valence-corrected chi connectivity index (χ3v) is 5.36. The standard InChI is InChI=1S/C20H20N8OS/c30-20-27(22-18(29-20)16-7-3-1-4-8-16)15-25-11-13-26(14-12-25)19-21-23-24-28(19)17-9-5-2-6-10-17/h1-10H,11-15H2. The summed E-state index contributed by atoms with van der Waals surface area (Å²) in [5, 5.41) is 16.8. The highest BCUT2D eigenvalue weighted by atomic mass is 32.1. The van der Waals surface area contributed by atoms with Crippen LogP contribution in [0.5, 0.6) is 0 Å². The highest BCUT2D eigenvalue weighted by Crippen LogP contribution is 2.19. The van der Waals surface area contributed by atoms with E-state index in [9.17, 15) is 0 Å². The molecule has 0 radical (unpaired) electrons. The molecule has 1 fully saturated rings. The van der Waals surface area contributed by atoms with Crippen molar-refractivity contribution in [2.24, 2.45) is 0 Å². The Hall–Kier alpha value is -3.37. The Morgan fingerprint density at radius 1 is 0.900 bits per heavy atom. The maximum absolute atomic E-state index is 5.69. The maximum atomic E-state index is 5.69. The molecule has 0 spiro atoms. The maximum Gasteiger partial charge on any atom is 0.288 e. The highest BCUT2D eigenvalue weighted by Gasteiger charge is 2.23. The summed E-state index contributed by atoms with van der Waals surface area (Å²) in [7, 11) is 0. The Labute approximate surface area is 178 Å². The first-order valence-corrected chi connectivity index (χ1v) is 10.1. The minimum Gasteiger partial charge on any atom is -0.409 e. The van der Waals surface area contributed by atoms with Crippen molar-refractivity contribution in [2.75, 3.05) is 31.1 Å². The third-order valence-electron chi connectivity index (χ3n) is 5.07. The number of nitrogens with zero attached hydrogens (tertiary/aromatic N) is 8. The SMILES string of the molecule is S=c1oc(-c2ccccc2)nn1CN1CCN(c2nnnn2-c2ccccc2)CC1. The van der Waals surface area contributed by atoms with Crippen LogP contribution >= 0.6 is 12.2 Å². The second kappa shape index (κ2) is 8.17. The fraction of sp³-hybridized carbons (Fsp3) is 0.250. The van der Waals surface area contributed by atoms with Crippen molar-refractivity contribution in [2.45, 2.75) is 6.67 Å². The van der Waals surface area contributed by atoms with E-state index in [0.717, 1.165) is 43.4 Å². The molecule has 5 rings (SSSR count). The first-order chi connectivity index (χ1) is 14.8. The zero-order valence-electron chi connectivity index (χ0n) is 16.2. The molecule has 1 aliphatic rings. The Bertz CT molecular complexity index is 1160. The predicted octanol–water partition coefficient (Wildman–Crippen LogP) is 2.63. The van der Waals surface area contributed by atoms with Crippen LogP contribution in [0.25, 0.3) is 17.1 Å². The molecule has 4 aromatic rings. The second-order valence-electron chi connectivity index (χ2n) is 7.01. The molecule has 0 aliphatic carbocycles. The lowest BCUT2D eigenvalue weighted by Gasteiger charge is -2.34. The molecule has 0 amide bonds. The molecule has 0 bridgehead atoms. The molecule has 10 heteroatoms. The Balaban J connectivity index is 1.25. The van der Waals surface area contributed by atoms with Gasteiger partial charge in [0.25, 0.3) is 4.84 Å². The topological polar surface area (TPSA) is 81.0 Å². The highest BCUT2D eigenvalue weighted by molar-refractivity contribution is 7.71. The van der Waals surface area contributed by atoms with Crippen LogP contribution in [-0.2, 0) is 6.67 Å². The number of aromatic nitrogens is 6. The van der Waals surface area contributed by atoms with Crippen LogP contribution in [0.2, 0.25) is 0 Å². The average Bonchev–Trinajstić information content (AvgIpc) is 3.43. The minimum absolute atomic E-state index is 0.379. The van der Waals surface area contributed by atoms with Crippen LogP contribution in [0.15, 0.2) is 65.1 Å². The van der Waals surface area contributed by atoms with Gasteiger partial charge in [-0.2, -0.15) is 4.68 Å². The zero-order chi connectivity index (χ0) is 20.3. The van der Waals surface area contributed by atoms with Gasteiger partial charge in [-0.1, -0.05) is 41.5 Å². The number of piperazine rings is 1. The smallest absolute Gasteiger partial charge is 0.288 e. The number of benzene rings is 2. The molecule has 1 saturated heterocycles. The molecule has 2 aromatic carbocycles. The van der Waals surface area contributed by atoms with E-state index in [2.05, 4.69) is 30.4 Å². The lowest BCUT2D eigenvalue weighted by atomic mass is 10.2. The van der Waals surface area contributed by atoms with Gasteiger partial charge in [0.15, 0.2) is 0 Å². The molecule has 9 nitrogen and oxygen atoms in total. The summed E-state index contributed by atoms with van der Waals surface area (Å²) < 4.78 is 9.20. The van der Waals surface area contributed by atoms with E-state index in [4.69, 9.17) is 16.6 Å². The van der Waals surface area contributed by atoms with Gasteiger partial charge in [-0.25, -0.2) is 4.68 Å². The van der Waals surface area contributed by atoms with Crippen molar-refractivity contribution in [1.29, 1.82) is 0 Å². The first kappa shape index (κ1) is 18.6. The van der Waals surface area contributed by atoms with Crippen LogP contribution in [0.4, 0.5) is 5.95 Å². The van der Waals surface area contributed by atoms with Gasteiger partial charge in [0.05, 0.1) is 12.4 Å². The molecule has 0 N–H and O–H groups in total. The zero-order valence-corrected chi connectivity index (χ0v) is 17.0. The van der Waals surface area contributed by atoms with E-state index in [1.807, 2.05) is 60.7 Å². The van der Waals surface area contributed by atoms with Gasteiger partial charge >= 0.3 is 0 Å². The van der Waals surface area contributed by atoms with Crippen molar-refractivity contribution >= 4 is 18.2 Å². The van der Waals surface area contributed by atoms with Crippen molar-refractivity contribution in [3.8, 4) is 17.1 Å². The number of rotatable bonds is 5. The number of tetrazole rings is 1. The molecule has 0 unspecified atom stereocenters. The molecule has 152 valence electrons. The quantitative estimate of drug-likeness (QED) is 0.456. The van der Waals surface area contributed by atoms with Crippen LogP contribution in [-0.4, -0.2) is 61.1 Å². The van der Waals surface area contributed by atoms with Gasteiger partial charge in [-0.3, -0.25) is 4.90 Å². The van der Waals surface area contributed by atoms with Crippen LogP contribution < -0.4 is 4.90 Å². The van der Waals surface area contributed by atoms with Crippen molar-refractivity contribution < 1.29 is 4.42 Å². The monoisotopic (exact) mass is 420 g/mol. The molecule has 3 heterocycles. The summed E-state index contributed by atoms with van der Waals surface area (Å²) in [4.78, 5) is 4.87. The molecule has 0 atom stereocenters. The fourth-order valence-electron chi connectivity index (χ4n) is 3.49. The van der Waals surface area contributed by atoms with E-state index in [-0.39, 0.29) is 0 Å². The third kappa shape index (κ3) is 3.74. The number of hydrogen-bond acceptors (Lipinski definition) is 8. The largest absolute Gasteiger partial charge is 0.409 e. The second-order valence-corrected chi connectivity index (χ2v) is 7.36. The summed E-state index contributed by atoms with van der Waals surface area (Å²) >= 11 is 5.37. The number of hydrogen-bond donors (Lipinski definition) is 0. The van der Waals surface area contributed by atoms with E-state index < -0.39 is 0 Å². The lowest BCUT2D eigenvalue weighted by molar-refractivity contribution is 0.191. The van der Waals surface area contributed by atoms with Crippen LogP contribution in [0.3, 0.4) is 0 Å². The molecular weight excluding hydrogens is 400 g/mol. The van der Waals surface area contributed by atoms with Gasteiger partial charge in [-0.05, 0) is 46.9 Å².